The van der Waals surface area contributed by atoms with Gasteiger partial charge in [0.1, 0.15) is 5.82 Å². The number of aryl methyl sites for hydroxylation is 2. The number of hydrogen-bond acceptors (Lipinski definition) is 1. The fraction of sp³-hybridized carbons (Fsp3) is 0.500. The summed E-state index contributed by atoms with van der Waals surface area (Å²) in [5, 5.41) is 0. The highest BCUT2D eigenvalue weighted by Crippen LogP contribution is 2.36. The average Bonchev–Trinajstić information content (AvgIpc) is 3.33. The number of piperidine rings is 1. The molecule has 3 heteroatoms. The van der Waals surface area contributed by atoms with E-state index in [0.717, 1.165) is 31.5 Å². The number of benzene rings is 1. The molecule has 112 valence electrons. The lowest BCUT2D eigenvalue weighted by molar-refractivity contribution is -0.131. The van der Waals surface area contributed by atoms with Gasteiger partial charge in [0.25, 0.3) is 0 Å². The van der Waals surface area contributed by atoms with Gasteiger partial charge in [-0.3, -0.25) is 4.79 Å². The van der Waals surface area contributed by atoms with Crippen molar-refractivity contribution in [3.05, 3.63) is 46.3 Å². The van der Waals surface area contributed by atoms with Gasteiger partial charge in [0.05, 0.1) is 0 Å². The lowest BCUT2D eigenvalue weighted by Gasteiger charge is -2.28. The first-order valence-electron chi connectivity index (χ1n) is 7.86. The first kappa shape index (κ1) is 14.3. The monoisotopic (exact) mass is 287 g/mol. The highest BCUT2D eigenvalue weighted by atomic mass is 19.1. The van der Waals surface area contributed by atoms with Crippen LogP contribution in [0.3, 0.4) is 0 Å². The Morgan fingerprint density at radius 3 is 2.43 bits per heavy atom. The van der Waals surface area contributed by atoms with Gasteiger partial charge in [-0.15, -0.1) is 0 Å². The molecule has 1 aromatic carbocycles. The zero-order chi connectivity index (χ0) is 14.8. The number of rotatable bonds is 3. The molecule has 2 fully saturated rings. The van der Waals surface area contributed by atoms with E-state index in [1.165, 1.54) is 12.8 Å². The Bertz CT molecular complexity index is 575. The fourth-order valence-corrected chi connectivity index (χ4v) is 3.00. The van der Waals surface area contributed by atoms with Gasteiger partial charge in [0.2, 0.25) is 5.91 Å². The number of hydrogen-bond donors (Lipinski definition) is 0. The van der Waals surface area contributed by atoms with Gasteiger partial charge in [0.15, 0.2) is 0 Å². The highest BCUT2D eigenvalue weighted by Gasteiger charge is 2.24. The largest absolute Gasteiger partial charge is 0.342 e. The predicted molar refractivity (Wildman–Crippen MR) is 81.5 cm³/mol. The quantitative estimate of drug-likeness (QED) is 0.775. The van der Waals surface area contributed by atoms with Crippen molar-refractivity contribution in [3.63, 3.8) is 0 Å². The number of likely N-dealkylation sites (tertiary alicyclic amines) is 1. The minimum Gasteiger partial charge on any atom is -0.342 e. The maximum atomic E-state index is 13.5. The summed E-state index contributed by atoms with van der Waals surface area (Å²) in [6.45, 7) is 3.48. The lowest BCUT2D eigenvalue weighted by Crippen LogP contribution is -2.36. The topological polar surface area (TPSA) is 20.3 Å². The Hall–Kier alpha value is -1.64. The van der Waals surface area contributed by atoms with Crippen LogP contribution in [-0.4, -0.2) is 23.9 Å². The zero-order valence-corrected chi connectivity index (χ0v) is 12.6. The first-order chi connectivity index (χ1) is 10.1. The van der Waals surface area contributed by atoms with Gasteiger partial charge in [0, 0.05) is 19.5 Å². The third-order valence-electron chi connectivity index (χ3n) is 4.58. The number of halogens is 1. The van der Waals surface area contributed by atoms with Gasteiger partial charge in [-0.1, -0.05) is 23.3 Å². The van der Waals surface area contributed by atoms with Gasteiger partial charge < -0.3 is 4.90 Å². The molecule has 1 aliphatic carbocycles. The Balaban J connectivity index is 1.50. The van der Waals surface area contributed by atoms with Crippen molar-refractivity contribution < 1.29 is 9.18 Å². The molecule has 1 heterocycles. The van der Waals surface area contributed by atoms with Gasteiger partial charge in [-0.2, -0.15) is 0 Å². The van der Waals surface area contributed by atoms with Crippen LogP contribution >= 0.6 is 0 Å². The number of carbonyl (C=O) groups excluding carboxylic acids is 1. The second kappa shape index (κ2) is 6.00. The normalized spacial score (nSPS) is 18.1. The van der Waals surface area contributed by atoms with Crippen LogP contribution in [0.25, 0.3) is 0 Å². The van der Waals surface area contributed by atoms with Crippen LogP contribution < -0.4 is 0 Å². The molecule has 1 saturated heterocycles. The van der Waals surface area contributed by atoms with E-state index < -0.39 is 0 Å². The molecule has 21 heavy (non-hydrogen) atoms. The molecule has 2 nitrogen and oxygen atoms in total. The molecular formula is C18H22FNO. The molecule has 1 aromatic rings. The SMILES string of the molecule is Cc1ccc(CCC(=O)N2CCC(=C3CC3)CC2)cc1F. The third kappa shape index (κ3) is 3.52. The van der Waals surface area contributed by atoms with Gasteiger partial charge >= 0.3 is 0 Å². The minimum atomic E-state index is -0.182. The number of allylic oxidation sites excluding steroid dienone is 1. The van der Waals surface area contributed by atoms with E-state index in [4.69, 9.17) is 0 Å². The highest BCUT2D eigenvalue weighted by molar-refractivity contribution is 5.76. The van der Waals surface area contributed by atoms with Crippen molar-refractivity contribution in [1.82, 2.24) is 4.90 Å². The molecular weight excluding hydrogens is 265 g/mol. The van der Waals surface area contributed by atoms with Crippen LogP contribution in [-0.2, 0) is 11.2 Å². The molecule has 0 aromatic heterocycles. The molecule has 0 bridgehead atoms. The van der Waals surface area contributed by atoms with Crippen LogP contribution in [0.5, 0.6) is 0 Å². The Morgan fingerprint density at radius 1 is 1.14 bits per heavy atom. The Morgan fingerprint density at radius 2 is 1.81 bits per heavy atom. The van der Waals surface area contributed by atoms with E-state index in [2.05, 4.69) is 0 Å². The fourth-order valence-electron chi connectivity index (χ4n) is 3.00. The number of carbonyl (C=O) groups is 1. The summed E-state index contributed by atoms with van der Waals surface area (Å²) in [7, 11) is 0. The molecule has 2 aliphatic rings. The summed E-state index contributed by atoms with van der Waals surface area (Å²) in [5.74, 6) is 0.0226. The van der Waals surface area contributed by atoms with Crippen LogP contribution in [0.2, 0.25) is 0 Å². The summed E-state index contributed by atoms with van der Waals surface area (Å²) >= 11 is 0. The van der Waals surface area contributed by atoms with Crippen molar-refractivity contribution in [1.29, 1.82) is 0 Å². The molecule has 0 atom stereocenters. The zero-order valence-electron chi connectivity index (χ0n) is 12.6. The van der Waals surface area contributed by atoms with Crippen LogP contribution in [0, 0.1) is 12.7 Å². The van der Waals surface area contributed by atoms with Crippen molar-refractivity contribution >= 4 is 5.91 Å². The van der Waals surface area contributed by atoms with E-state index in [1.807, 2.05) is 11.0 Å². The van der Waals surface area contributed by atoms with Crippen molar-refractivity contribution in [2.24, 2.45) is 0 Å². The lowest BCUT2D eigenvalue weighted by atomic mass is 10.0. The molecule has 1 saturated carbocycles. The average molecular weight is 287 g/mol. The summed E-state index contributed by atoms with van der Waals surface area (Å²) in [6, 6.07) is 5.25. The van der Waals surface area contributed by atoms with Gasteiger partial charge in [-0.25, -0.2) is 4.39 Å². The third-order valence-corrected chi connectivity index (χ3v) is 4.58. The van der Waals surface area contributed by atoms with E-state index in [9.17, 15) is 9.18 Å². The van der Waals surface area contributed by atoms with Crippen LogP contribution in [0.4, 0.5) is 4.39 Å². The standard InChI is InChI=1S/C18H22FNO/c1-13-2-3-14(12-17(13)19)4-7-18(21)20-10-8-16(9-11-20)15-5-6-15/h2-3,12H,4-11H2,1H3. The molecule has 0 spiro atoms. The van der Waals surface area contributed by atoms with Gasteiger partial charge in [-0.05, 0) is 56.2 Å². The van der Waals surface area contributed by atoms with E-state index in [1.54, 1.807) is 30.2 Å². The molecule has 1 aliphatic heterocycles. The summed E-state index contributed by atoms with van der Waals surface area (Å²) in [6.07, 6.45) is 5.78. The maximum Gasteiger partial charge on any atom is 0.222 e. The molecule has 1 amide bonds. The molecule has 0 radical (unpaired) electrons. The summed E-state index contributed by atoms with van der Waals surface area (Å²) in [5.41, 5.74) is 4.79. The second-order valence-electron chi connectivity index (χ2n) is 6.17. The van der Waals surface area contributed by atoms with E-state index in [0.29, 0.717) is 18.4 Å². The first-order valence-corrected chi connectivity index (χ1v) is 7.86. The minimum absolute atomic E-state index is 0.182. The molecule has 3 rings (SSSR count). The van der Waals surface area contributed by atoms with E-state index in [-0.39, 0.29) is 11.7 Å². The van der Waals surface area contributed by atoms with Crippen molar-refractivity contribution in [3.8, 4) is 0 Å². The molecule has 0 N–H and O–H groups in total. The van der Waals surface area contributed by atoms with Crippen LogP contribution in [0.15, 0.2) is 29.3 Å². The van der Waals surface area contributed by atoms with Crippen LogP contribution in [0.1, 0.15) is 43.2 Å². The van der Waals surface area contributed by atoms with Crippen molar-refractivity contribution in [2.75, 3.05) is 13.1 Å². The maximum absolute atomic E-state index is 13.5. The van der Waals surface area contributed by atoms with Crippen molar-refractivity contribution in [2.45, 2.75) is 45.4 Å². The summed E-state index contributed by atoms with van der Waals surface area (Å²) in [4.78, 5) is 14.2. The number of nitrogens with zero attached hydrogens (tertiary/aromatic N) is 1. The summed E-state index contributed by atoms with van der Waals surface area (Å²) < 4.78 is 13.5. The Labute approximate surface area is 125 Å². The molecule has 0 unspecified atom stereocenters. The van der Waals surface area contributed by atoms with E-state index >= 15 is 0 Å². The Kier molecular flexibility index (Phi) is 4.09. The predicted octanol–water partition coefficient (Wildman–Crippen LogP) is 3.78. The second-order valence-corrected chi connectivity index (χ2v) is 6.17. The number of amides is 1. The smallest absolute Gasteiger partial charge is 0.222 e.